The van der Waals surface area contributed by atoms with Gasteiger partial charge >= 0.3 is 0 Å². The monoisotopic (exact) mass is 490 g/mol. The molecule has 6 heterocycles. The van der Waals surface area contributed by atoms with Crippen LogP contribution in [0.25, 0.3) is 0 Å². The van der Waals surface area contributed by atoms with Crippen molar-refractivity contribution in [2.45, 2.75) is 32.4 Å². The molecule has 3 aromatic rings. The molecule has 4 aliphatic heterocycles. The number of aromatic nitrogens is 4. The number of fused-ring (bicyclic) bond motifs is 2. The van der Waals surface area contributed by atoms with Gasteiger partial charge in [0.15, 0.2) is 0 Å². The third-order valence-electron chi connectivity index (χ3n) is 6.88. The summed E-state index contributed by atoms with van der Waals surface area (Å²) in [6.45, 7) is 2.99. The number of pyridine rings is 1. The van der Waals surface area contributed by atoms with Gasteiger partial charge in [0, 0.05) is 32.9 Å². The second-order valence-electron chi connectivity index (χ2n) is 9.51. The van der Waals surface area contributed by atoms with E-state index < -0.39 is 0 Å². The fraction of sp³-hybridized carbons (Fsp3) is 0.423. The summed E-state index contributed by atoms with van der Waals surface area (Å²) in [5.74, 6) is 0.817. The standard InChI is InChI=1S/C26H30N6O4/c1-29-16-20-8-11-30(12-9-20)24(33)15-19-4-6-22(7-5-19)36-14-13-32-18-21(27-28-32)17-31-10-2-3-23(25(29)34)26(31)35/h2-7,10,18,20H,8-9,11-17H2,1H3. The minimum absolute atomic E-state index is 0.108. The van der Waals surface area contributed by atoms with E-state index >= 15 is 0 Å². The first-order valence-electron chi connectivity index (χ1n) is 12.3. The van der Waals surface area contributed by atoms with Gasteiger partial charge in [0.2, 0.25) is 5.91 Å². The zero-order valence-corrected chi connectivity index (χ0v) is 20.4. The SMILES string of the molecule is CN1CC2CCN(CC2)C(=O)Cc2ccc(cc2)OCCn2cc(nn2)Cn2cccc(c2=O)C1=O. The van der Waals surface area contributed by atoms with Crippen molar-refractivity contribution >= 4 is 11.8 Å². The molecule has 0 aliphatic carbocycles. The van der Waals surface area contributed by atoms with Gasteiger partial charge in [-0.2, -0.15) is 0 Å². The fourth-order valence-corrected chi connectivity index (χ4v) is 4.81. The van der Waals surface area contributed by atoms with Crippen molar-refractivity contribution < 1.29 is 14.3 Å². The van der Waals surface area contributed by atoms with Crippen LogP contribution in [0.5, 0.6) is 5.75 Å². The predicted octanol–water partition coefficient (Wildman–Crippen LogP) is 1.43. The summed E-state index contributed by atoms with van der Waals surface area (Å²) >= 11 is 0. The van der Waals surface area contributed by atoms with Crippen LogP contribution in [-0.4, -0.2) is 74.5 Å². The molecule has 0 N–H and O–H groups in total. The van der Waals surface area contributed by atoms with Crippen LogP contribution in [0, 0.1) is 5.92 Å². The molecule has 0 saturated carbocycles. The average Bonchev–Trinajstić information content (AvgIpc) is 3.33. The lowest BCUT2D eigenvalue weighted by Gasteiger charge is -2.34. The third kappa shape index (κ3) is 5.32. The molecular formula is C26H30N6O4. The van der Waals surface area contributed by atoms with Gasteiger partial charge in [-0.15, -0.1) is 5.10 Å². The molecule has 1 aromatic carbocycles. The number of piperidine rings is 1. The number of carbonyl (C=O) groups excluding carboxylic acids is 2. The number of ether oxygens (including phenoxy) is 1. The Bertz CT molecular complexity index is 1290. The molecule has 1 saturated heterocycles. The van der Waals surface area contributed by atoms with Crippen LogP contribution in [0.3, 0.4) is 0 Å². The Morgan fingerprint density at radius 3 is 2.56 bits per heavy atom. The van der Waals surface area contributed by atoms with Gasteiger partial charge < -0.3 is 19.1 Å². The molecule has 10 nitrogen and oxygen atoms in total. The molecule has 2 amide bonds. The van der Waals surface area contributed by atoms with Crippen LogP contribution in [0.2, 0.25) is 0 Å². The molecule has 0 spiro atoms. The smallest absolute Gasteiger partial charge is 0.263 e. The predicted molar refractivity (Wildman–Crippen MR) is 132 cm³/mol. The second kappa shape index (κ2) is 10.3. The van der Waals surface area contributed by atoms with Crippen LogP contribution in [-0.2, 0) is 24.3 Å². The topological polar surface area (TPSA) is 103 Å². The van der Waals surface area contributed by atoms with E-state index in [2.05, 4.69) is 10.3 Å². The van der Waals surface area contributed by atoms with Crippen molar-refractivity contribution in [1.82, 2.24) is 29.4 Å². The summed E-state index contributed by atoms with van der Waals surface area (Å²) in [5.41, 5.74) is 1.35. The van der Waals surface area contributed by atoms with Crippen molar-refractivity contribution in [1.29, 1.82) is 0 Å². The number of rotatable bonds is 0. The highest BCUT2D eigenvalue weighted by Crippen LogP contribution is 2.20. The molecule has 1 fully saturated rings. The quantitative estimate of drug-likeness (QED) is 0.473. The lowest BCUT2D eigenvalue weighted by atomic mass is 9.95. The third-order valence-corrected chi connectivity index (χ3v) is 6.88. The highest BCUT2D eigenvalue weighted by atomic mass is 16.5. The molecule has 4 aliphatic rings. The van der Waals surface area contributed by atoms with Crippen LogP contribution in [0.15, 0.2) is 53.6 Å². The van der Waals surface area contributed by atoms with Crippen molar-refractivity contribution in [3.05, 3.63) is 76.0 Å². The minimum Gasteiger partial charge on any atom is -0.492 e. The van der Waals surface area contributed by atoms with E-state index in [9.17, 15) is 14.4 Å². The second-order valence-corrected chi connectivity index (χ2v) is 9.51. The van der Waals surface area contributed by atoms with Gasteiger partial charge in [0.05, 0.1) is 25.7 Å². The van der Waals surface area contributed by atoms with E-state index in [4.69, 9.17) is 4.74 Å². The Morgan fingerprint density at radius 2 is 1.78 bits per heavy atom. The van der Waals surface area contributed by atoms with Gasteiger partial charge in [-0.25, -0.2) is 4.68 Å². The van der Waals surface area contributed by atoms with E-state index in [1.807, 2.05) is 29.2 Å². The summed E-state index contributed by atoms with van der Waals surface area (Å²) in [4.78, 5) is 42.5. The molecule has 188 valence electrons. The summed E-state index contributed by atoms with van der Waals surface area (Å²) in [6, 6.07) is 10.9. The van der Waals surface area contributed by atoms with Crippen molar-refractivity contribution in [3.63, 3.8) is 0 Å². The molecule has 0 unspecified atom stereocenters. The van der Waals surface area contributed by atoms with Crippen LogP contribution < -0.4 is 10.3 Å². The first-order valence-corrected chi connectivity index (χ1v) is 12.3. The molecule has 10 heteroatoms. The minimum atomic E-state index is -0.352. The number of hydrogen-bond donors (Lipinski definition) is 0. The highest BCUT2D eigenvalue weighted by molar-refractivity contribution is 5.93. The molecule has 0 radical (unpaired) electrons. The molecule has 36 heavy (non-hydrogen) atoms. The lowest BCUT2D eigenvalue weighted by molar-refractivity contribution is -0.131. The summed E-state index contributed by atoms with van der Waals surface area (Å²) in [7, 11) is 1.73. The zero-order valence-electron chi connectivity index (χ0n) is 20.4. The summed E-state index contributed by atoms with van der Waals surface area (Å²) in [5, 5.41) is 8.29. The van der Waals surface area contributed by atoms with Crippen molar-refractivity contribution in [3.8, 4) is 5.75 Å². The maximum absolute atomic E-state index is 13.1. The number of amides is 2. The van der Waals surface area contributed by atoms with E-state index in [-0.39, 0.29) is 35.4 Å². The molecule has 0 atom stereocenters. The summed E-state index contributed by atoms with van der Waals surface area (Å²) < 4.78 is 8.96. The van der Waals surface area contributed by atoms with E-state index in [0.717, 1.165) is 24.2 Å². The van der Waals surface area contributed by atoms with Gasteiger partial charge in [-0.05, 0) is 48.6 Å². The number of benzene rings is 1. The summed E-state index contributed by atoms with van der Waals surface area (Å²) in [6.07, 6.45) is 5.42. The van der Waals surface area contributed by atoms with Crippen molar-refractivity contribution in [2.24, 2.45) is 5.92 Å². The normalized spacial score (nSPS) is 17.9. The molecule has 7 rings (SSSR count). The van der Waals surface area contributed by atoms with E-state index in [0.29, 0.717) is 44.9 Å². The van der Waals surface area contributed by atoms with Crippen LogP contribution in [0.1, 0.15) is 34.5 Å². The van der Waals surface area contributed by atoms with Gasteiger partial charge in [0.1, 0.15) is 23.6 Å². The van der Waals surface area contributed by atoms with E-state index in [1.54, 1.807) is 41.2 Å². The zero-order chi connectivity index (χ0) is 25.1. The number of hydrogen-bond acceptors (Lipinski definition) is 6. The Balaban J connectivity index is 1.38. The Hall–Kier alpha value is -3.95. The van der Waals surface area contributed by atoms with Gasteiger partial charge in [0.25, 0.3) is 11.5 Å². The van der Waals surface area contributed by atoms with Gasteiger partial charge in [-0.3, -0.25) is 14.4 Å². The van der Waals surface area contributed by atoms with Crippen molar-refractivity contribution in [2.75, 3.05) is 33.3 Å². The van der Waals surface area contributed by atoms with Crippen LogP contribution >= 0.6 is 0 Å². The number of nitrogens with zero attached hydrogens (tertiary/aromatic N) is 6. The Labute approximate surface area is 209 Å². The van der Waals surface area contributed by atoms with Gasteiger partial charge in [-0.1, -0.05) is 17.3 Å². The molecular weight excluding hydrogens is 460 g/mol. The molecule has 8 bridgehead atoms. The maximum Gasteiger partial charge on any atom is 0.263 e. The number of carbonyl (C=O) groups is 2. The lowest BCUT2D eigenvalue weighted by Crippen LogP contribution is -2.43. The first kappa shape index (κ1) is 23.8. The van der Waals surface area contributed by atoms with E-state index in [1.165, 1.54) is 4.57 Å². The Morgan fingerprint density at radius 1 is 1.00 bits per heavy atom. The molecule has 2 aromatic heterocycles. The van der Waals surface area contributed by atoms with Crippen LogP contribution in [0.4, 0.5) is 0 Å². The largest absolute Gasteiger partial charge is 0.492 e. The average molecular weight is 491 g/mol. The highest BCUT2D eigenvalue weighted by Gasteiger charge is 2.26. The first-order chi connectivity index (χ1) is 17.5. The maximum atomic E-state index is 13.1. The Kier molecular flexibility index (Phi) is 6.84. The fourth-order valence-electron chi connectivity index (χ4n) is 4.81.